The van der Waals surface area contributed by atoms with Gasteiger partial charge in [0.25, 0.3) is 5.91 Å². The highest BCUT2D eigenvalue weighted by molar-refractivity contribution is 5.99. The number of amides is 1. The molecule has 7 heteroatoms. The van der Waals surface area contributed by atoms with E-state index in [4.69, 9.17) is 14.2 Å². The summed E-state index contributed by atoms with van der Waals surface area (Å²) in [6, 6.07) is 9.30. The second kappa shape index (κ2) is 10.0. The van der Waals surface area contributed by atoms with Gasteiger partial charge in [-0.25, -0.2) is 4.98 Å². The van der Waals surface area contributed by atoms with Crippen molar-refractivity contribution in [2.75, 3.05) is 38.3 Å². The molecule has 1 saturated carbocycles. The third-order valence-corrected chi connectivity index (χ3v) is 5.97. The van der Waals surface area contributed by atoms with Crippen LogP contribution < -0.4 is 19.7 Å². The molecule has 2 fully saturated rings. The van der Waals surface area contributed by atoms with Crippen LogP contribution in [0.3, 0.4) is 0 Å². The van der Waals surface area contributed by atoms with Gasteiger partial charge < -0.3 is 24.4 Å². The van der Waals surface area contributed by atoms with Crippen molar-refractivity contribution in [3.63, 3.8) is 0 Å². The number of hydrogen-bond acceptors (Lipinski definition) is 6. The zero-order valence-corrected chi connectivity index (χ0v) is 18.3. The highest BCUT2D eigenvalue weighted by Gasteiger charge is 2.22. The lowest BCUT2D eigenvalue weighted by molar-refractivity contribution is 0.0938. The molecule has 1 N–H and O–H groups in total. The molecule has 1 aromatic heterocycles. The first-order valence-electron chi connectivity index (χ1n) is 11.1. The summed E-state index contributed by atoms with van der Waals surface area (Å²) in [5, 5.41) is 3.10. The molecule has 166 valence electrons. The molecule has 0 radical (unpaired) electrons. The number of benzene rings is 1. The van der Waals surface area contributed by atoms with Crippen molar-refractivity contribution in [1.29, 1.82) is 0 Å². The standard InChI is InChI=1S/C24H31N3O4/c1-17(18-9-10-21(22(16-18)29-2)31-19-6-3-4-7-19)26-24(28)20-8-5-11-25-23(20)27-12-14-30-15-13-27/h5,8-11,16-17,19H,3-4,6-7,12-15H2,1-2H3,(H,26,28). The minimum Gasteiger partial charge on any atom is -0.493 e. The van der Waals surface area contributed by atoms with E-state index in [0.29, 0.717) is 30.3 Å². The Morgan fingerprint density at radius 3 is 2.71 bits per heavy atom. The maximum absolute atomic E-state index is 13.1. The van der Waals surface area contributed by atoms with Crippen molar-refractivity contribution >= 4 is 11.7 Å². The van der Waals surface area contributed by atoms with E-state index in [1.165, 1.54) is 12.8 Å². The van der Waals surface area contributed by atoms with Gasteiger partial charge >= 0.3 is 0 Å². The molecule has 2 aliphatic rings. The molecule has 1 aliphatic carbocycles. The van der Waals surface area contributed by atoms with Gasteiger partial charge in [0.15, 0.2) is 11.5 Å². The van der Waals surface area contributed by atoms with E-state index in [1.807, 2.05) is 31.2 Å². The van der Waals surface area contributed by atoms with Gasteiger partial charge in [0.1, 0.15) is 5.82 Å². The van der Waals surface area contributed by atoms with Gasteiger partial charge in [-0.05, 0) is 62.4 Å². The van der Waals surface area contributed by atoms with Gasteiger partial charge in [-0.3, -0.25) is 4.79 Å². The van der Waals surface area contributed by atoms with Crippen molar-refractivity contribution in [3.8, 4) is 11.5 Å². The lowest BCUT2D eigenvalue weighted by Crippen LogP contribution is -2.38. The Kier molecular flexibility index (Phi) is 6.92. The summed E-state index contributed by atoms with van der Waals surface area (Å²) < 4.78 is 17.1. The Balaban J connectivity index is 1.46. The van der Waals surface area contributed by atoms with Gasteiger partial charge in [0, 0.05) is 19.3 Å². The predicted molar refractivity (Wildman–Crippen MR) is 119 cm³/mol. The van der Waals surface area contributed by atoms with Crippen molar-refractivity contribution in [2.24, 2.45) is 0 Å². The molecule has 0 bridgehead atoms. The van der Waals surface area contributed by atoms with E-state index in [0.717, 1.165) is 37.2 Å². The molecule has 1 amide bonds. The quantitative estimate of drug-likeness (QED) is 0.729. The number of nitrogens with one attached hydrogen (secondary N) is 1. The van der Waals surface area contributed by atoms with Gasteiger partial charge in [-0.1, -0.05) is 6.07 Å². The molecule has 31 heavy (non-hydrogen) atoms. The molecule has 1 aliphatic heterocycles. The average molecular weight is 426 g/mol. The largest absolute Gasteiger partial charge is 0.493 e. The first kappa shape index (κ1) is 21.4. The second-order valence-corrected chi connectivity index (χ2v) is 8.10. The first-order chi connectivity index (χ1) is 15.2. The van der Waals surface area contributed by atoms with Gasteiger partial charge in [0.05, 0.1) is 38.0 Å². The summed E-state index contributed by atoms with van der Waals surface area (Å²) >= 11 is 0. The molecule has 1 atom stereocenters. The Morgan fingerprint density at radius 2 is 1.97 bits per heavy atom. The van der Waals surface area contributed by atoms with Crippen LogP contribution in [0, 0.1) is 0 Å². The summed E-state index contributed by atoms with van der Waals surface area (Å²) in [6.45, 7) is 4.71. The number of ether oxygens (including phenoxy) is 3. The van der Waals surface area contributed by atoms with E-state index in [9.17, 15) is 4.79 Å². The molecular weight excluding hydrogens is 394 g/mol. The van der Waals surface area contributed by atoms with Crippen LogP contribution in [0.5, 0.6) is 11.5 Å². The molecule has 2 heterocycles. The first-order valence-corrected chi connectivity index (χ1v) is 11.1. The third kappa shape index (κ3) is 5.10. The summed E-state index contributed by atoms with van der Waals surface area (Å²) in [7, 11) is 1.65. The molecule has 7 nitrogen and oxygen atoms in total. The van der Waals surface area contributed by atoms with Gasteiger partial charge in [-0.15, -0.1) is 0 Å². The Labute approximate surface area is 183 Å². The number of methoxy groups -OCH3 is 1. The maximum Gasteiger partial charge on any atom is 0.255 e. The number of morpholine rings is 1. The van der Waals surface area contributed by atoms with Crippen LogP contribution in [0.15, 0.2) is 36.5 Å². The summed E-state index contributed by atoms with van der Waals surface area (Å²) in [5.41, 5.74) is 1.53. The molecule has 1 aromatic carbocycles. The van der Waals surface area contributed by atoms with Crippen molar-refractivity contribution in [3.05, 3.63) is 47.7 Å². The lowest BCUT2D eigenvalue weighted by atomic mass is 10.1. The Bertz CT molecular complexity index is 892. The normalized spacial score (nSPS) is 17.9. The lowest BCUT2D eigenvalue weighted by Gasteiger charge is -2.29. The van der Waals surface area contributed by atoms with E-state index in [2.05, 4.69) is 15.2 Å². The van der Waals surface area contributed by atoms with Crippen LogP contribution in [0.2, 0.25) is 0 Å². The van der Waals surface area contributed by atoms with Crippen LogP contribution in [-0.4, -0.2) is 50.4 Å². The number of carbonyl (C=O) groups excluding carboxylic acids is 1. The number of carbonyl (C=O) groups is 1. The van der Waals surface area contributed by atoms with Crippen molar-refractivity contribution in [1.82, 2.24) is 10.3 Å². The number of pyridine rings is 1. The summed E-state index contributed by atoms with van der Waals surface area (Å²) in [5.74, 6) is 2.01. The monoisotopic (exact) mass is 425 g/mol. The average Bonchev–Trinajstić information content (AvgIpc) is 3.33. The fraction of sp³-hybridized carbons (Fsp3) is 0.500. The fourth-order valence-corrected chi connectivity index (χ4v) is 4.20. The molecule has 4 rings (SSSR count). The van der Waals surface area contributed by atoms with E-state index < -0.39 is 0 Å². The highest BCUT2D eigenvalue weighted by Crippen LogP contribution is 2.34. The van der Waals surface area contributed by atoms with Crippen molar-refractivity contribution < 1.29 is 19.0 Å². The van der Waals surface area contributed by atoms with Crippen molar-refractivity contribution in [2.45, 2.75) is 44.8 Å². The van der Waals surface area contributed by atoms with Crippen LogP contribution in [0.4, 0.5) is 5.82 Å². The molecule has 1 saturated heterocycles. The minimum atomic E-state index is -0.195. The Morgan fingerprint density at radius 1 is 1.19 bits per heavy atom. The summed E-state index contributed by atoms with van der Waals surface area (Å²) in [4.78, 5) is 19.6. The van der Waals surface area contributed by atoms with Gasteiger partial charge in [-0.2, -0.15) is 0 Å². The van der Waals surface area contributed by atoms with Crippen LogP contribution in [-0.2, 0) is 4.74 Å². The minimum absolute atomic E-state index is 0.146. The van der Waals surface area contributed by atoms with E-state index in [-0.39, 0.29) is 18.1 Å². The molecule has 1 unspecified atom stereocenters. The van der Waals surface area contributed by atoms with Crippen LogP contribution in [0.1, 0.15) is 54.6 Å². The summed E-state index contributed by atoms with van der Waals surface area (Å²) in [6.07, 6.45) is 6.60. The van der Waals surface area contributed by atoms with E-state index >= 15 is 0 Å². The number of aromatic nitrogens is 1. The zero-order chi connectivity index (χ0) is 21.6. The second-order valence-electron chi connectivity index (χ2n) is 8.10. The number of anilines is 1. The topological polar surface area (TPSA) is 72.9 Å². The maximum atomic E-state index is 13.1. The SMILES string of the molecule is COc1cc(C(C)NC(=O)c2cccnc2N2CCOCC2)ccc1OC1CCCC1. The highest BCUT2D eigenvalue weighted by atomic mass is 16.5. The fourth-order valence-electron chi connectivity index (χ4n) is 4.20. The Hall–Kier alpha value is -2.80. The van der Waals surface area contributed by atoms with Gasteiger partial charge in [0.2, 0.25) is 0 Å². The molecule has 2 aromatic rings. The van der Waals surface area contributed by atoms with Crippen LogP contribution in [0.25, 0.3) is 0 Å². The smallest absolute Gasteiger partial charge is 0.255 e. The predicted octanol–water partition coefficient (Wildman–Crippen LogP) is 3.74. The zero-order valence-electron chi connectivity index (χ0n) is 18.3. The van der Waals surface area contributed by atoms with E-state index in [1.54, 1.807) is 19.4 Å². The third-order valence-electron chi connectivity index (χ3n) is 5.97. The molecular formula is C24H31N3O4. The van der Waals surface area contributed by atoms with Crippen LogP contribution >= 0.6 is 0 Å². The number of nitrogens with zero attached hydrogens (tertiary/aromatic N) is 2. The number of rotatable bonds is 7. The number of hydrogen-bond donors (Lipinski definition) is 1. The molecule has 0 spiro atoms.